The molecule has 1 aliphatic carbocycles. The third kappa shape index (κ3) is 7.58. The number of hydrogen-bond acceptors (Lipinski definition) is 8. The van der Waals surface area contributed by atoms with E-state index < -0.39 is 27.8 Å². The number of thiophene rings is 1. The average molecular weight is 657 g/mol. The molecular formula is C28H31F3N4O5S3. The third-order valence-electron chi connectivity index (χ3n) is 7.40. The number of H-pyrrole nitrogens is 1. The number of sulfonamides is 1. The SMILES string of the molecule is CC1(O)CCN(Cc2cnc(-c3cc4cccc(N(CC5CC5)S(=O)(=O)c5cccs5)c4[nH]3)s2)CC1.O=C(O)C(F)(F)F. The zero-order valence-corrected chi connectivity index (χ0v) is 25.6. The van der Waals surface area contributed by atoms with Crippen molar-refractivity contribution in [2.45, 2.75) is 55.1 Å². The number of aromatic amines is 1. The molecule has 2 fully saturated rings. The number of rotatable bonds is 8. The highest BCUT2D eigenvalue weighted by Gasteiger charge is 2.38. The number of aliphatic hydroxyl groups is 1. The summed E-state index contributed by atoms with van der Waals surface area (Å²) in [7, 11) is -3.64. The van der Waals surface area contributed by atoms with Gasteiger partial charge in [-0.3, -0.25) is 9.21 Å². The molecule has 0 radical (unpaired) electrons. The maximum atomic E-state index is 13.6. The molecule has 1 saturated heterocycles. The fourth-order valence-corrected chi connectivity index (χ4v) is 8.34. The van der Waals surface area contributed by atoms with Crippen molar-refractivity contribution in [1.82, 2.24) is 14.9 Å². The van der Waals surface area contributed by atoms with Crippen molar-refractivity contribution in [3.63, 3.8) is 0 Å². The molecule has 0 atom stereocenters. The minimum Gasteiger partial charge on any atom is -0.475 e. The monoisotopic (exact) mass is 656 g/mol. The van der Waals surface area contributed by atoms with Crippen LogP contribution in [0.5, 0.6) is 0 Å². The molecule has 0 bridgehead atoms. The standard InChI is InChI=1S/C26H30N4O3S3.C2HF3O2/c1-26(31)9-11-29(12-10-26)17-20-15-27-25(35-20)21-14-19-4-2-5-22(24(19)28-21)30(16-18-7-8-18)36(32,33)23-6-3-13-34-23;3-2(4,5)1(6)7/h2-6,13-15,18,28,31H,7-12,16-17H2,1H3;(H,6,7). The molecule has 15 heteroatoms. The lowest BCUT2D eigenvalue weighted by molar-refractivity contribution is -0.192. The molecule has 3 aromatic heterocycles. The number of hydrogen-bond donors (Lipinski definition) is 3. The number of para-hydroxylation sites is 1. The van der Waals surface area contributed by atoms with Gasteiger partial charge in [0.15, 0.2) is 0 Å². The summed E-state index contributed by atoms with van der Waals surface area (Å²) in [5.41, 5.74) is 1.86. The molecule has 232 valence electrons. The van der Waals surface area contributed by atoms with Gasteiger partial charge in [0.2, 0.25) is 0 Å². The Labute approximate surface area is 254 Å². The summed E-state index contributed by atoms with van der Waals surface area (Å²) in [6.45, 7) is 5.00. The number of carboxylic acids is 1. The van der Waals surface area contributed by atoms with E-state index in [1.165, 1.54) is 16.2 Å². The number of halogens is 3. The van der Waals surface area contributed by atoms with Crippen molar-refractivity contribution >= 4 is 55.3 Å². The Kier molecular flexibility index (Phi) is 8.91. The van der Waals surface area contributed by atoms with E-state index in [9.17, 15) is 26.7 Å². The molecule has 4 aromatic rings. The molecule has 2 aliphatic rings. The van der Waals surface area contributed by atoms with Crippen LogP contribution < -0.4 is 4.31 Å². The van der Waals surface area contributed by atoms with Crippen LogP contribution >= 0.6 is 22.7 Å². The lowest BCUT2D eigenvalue weighted by atomic mass is 9.94. The van der Waals surface area contributed by atoms with Crippen LogP contribution in [0.2, 0.25) is 0 Å². The van der Waals surface area contributed by atoms with Gasteiger partial charge in [-0.1, -0.05) is 18.2 Å². The van der Waals surface area contributed by atoms with Gasteiger partial charge < -0.3 is 15.2 Å². The number of aliphatic carboxylic acids is 1. The highest BCUT2D eigenvalue weighted by molar-refractivity contribution is 7.94. The van der Waals surface area contributed by atoms with Gasteiger partial charge in [-0.2, -0.15) is 13.2 Å². The van der Waals surface area contributed by atoms with Gasteiger partial charge in [-0.05, 0) is 62.1 Å². The predicted octanol–water partition coefficient (Wildman–Crippen LogP) is 5.94. The molecule has 0 spiro atoms. The van der Waals surface area contributed by atoms with E-state index in [1.54, 1.807) is 27.8 Å². The Balaban J connectivity index is 0.000000472. The zero-order chi connectivity index (χ0) is 31.0. The summed E-state index contributed by atoms with van der Waals surface area (Å²) < 4.78 is 60.9. The van der Waals surface area contributed by atoms with Gasteiger partial charge in [0.05, 0.1) is 22.5 Å². The Morgan fingerprint density at radius 3 is 2.51 bits per heavy atom. The largest absolute Gasteiger partial charge is 0.490 e. The Morgan fingerprint density at radius 2 is 1.91 bits per heavy atom. The summed E-state index contributed by atoms with van der Waals surface area (Å²) in [6, 6.07) is 11.4. The molecule has 1 aliphatic heterocycles. The van der Waals surface area contributed by atoms with Gasteiger partial charge in [-0.15, -0.1) is 22.7 Å². The summed E-state index contributed by atoms with van der Waals surface area (Å²) >= 11 is 2.92. The second kappa shape index (κ2) is 12.2. The van der Waals surface area contributed by atoms with E-state index in [0.29, 0.717) is 22.4 Å². The van der Waals surface area contributed by atoms with Gasteiger partial charge in [0, 0.05) is 42.6 Å². The number of carbonyl (C=O) groups is 1. The summed E-state index contributed by atoms with van der Waals surface area (Å²) in [5, 5.41) is 21.0. The van der Waals surface area contributed by atoms with Crippen LogP contribution in [-0.2, 0) is 21.4 Å². The van der Waals surface area contributed by atoms with Crippen molar-refractivity contribution in [1.29, 1.82) is 0 Å². The average Bonchev–Trinajstić information content (AvgIpc) is 3.32. The maximum Gasteiger partial charge on any atom is 0.490 e. The van der Waals surface area contributed by atoms with Crippen LogP contribution in [-0.4, -0.2) is 70.9 Å². The minimum atomic E-state index is -5.08. The van der Waals surface area contributed by atoms with Crippen LogP contribution in [0, 0.1) is 5.92 Å². The first kappa shape index (κ1) is 31.4. The van der Waals surface area contributed by atoms with Gasteiger partial charge >= 0.3 is 12.1 Å². The summed E-state index contributed by atoms with van der Waals surface area (Å²) in [4.78, 5) is 20.6. The van der Waals surface area contributed by atoms with E-state index in [4.69, 9.17) is 9.90 Å². The first-order valence-electron chi connectivity index (χ1n) is 13.6. The molecule has 0 amide bonds. The maximum absolute atomic E-state index is 13.6. The second-order valence-corrected chi connectivity index (χ2v) is 15.2. The van der Waals surface area contributed by atoms with Crippen molar-refractivity contribution in [2.75, 3.05) is 23.9 Å². The number of alkyl halides is 3. The molecular weight excluding hydrogens is 626 g/mol. The fourth-order valence-electron chi connectivity index (χ4n) is 4.76. The number of aromatic nitrogens is 2. The summed E-state index contributed by atoms with van der Waals surface area (Å²) in [6.07, 6.45) is 0.557. The van der Waals surface area contributed by atoms with Crippen molar-refractivity contribution in [3.8, 4) is 10.7 Å². The van der Waals surface area contributed by atoms with E-state index in [-0.39, 0.29) is 0 Å². The smallest absolute Gasteiger partial charge is 0.475 e. The molecule has 0 unspecified atom stereocenters. The Bertz CT molecular complexity index is 1670. The lowest BCUT2D eigenvalue weighted by Crippen LogP contribution is -2.41. The van der Waals surface area contributed by atoms with Crippen LogP contribution in [0.15, 0.2) is 52.2 Å². The van der Waals surface area contributed by atoms with E-state index in [2.05, 4.69) is 20.9 Å². The van der Waals surface area contributed by atoms with E-state index >= 15 is 0 Å². The van der Waals surface area contributed by atoms with E-state index in [1.807, 2.05) is 36.7 Å². The lowest BCUT2D eigenvalue weighted by Gasteiger charge is -2.35. The van der Waals surface area contributed by atoms with Crippen molar-refractivity contribution in [2.24, 2.45) is 5.92 Å². The third-order valence-corrected chi connectivity index (χ3v) is 11.6. The number of nitrogens with zero attached hydrogens (tertiary/aromatic N) is 3. The molecule has 4 heterocycles. The first-order chi connectivity index (χ1) is 20.2. The fraction of sp³-hybridized carbons (Fsp3) is 0.429. The van der Waals surface area contributed by atoms with Crippen molar-refractivity contribution in [3.05, 3.63) is 52.9 Å². The molecule has 1 aromatic carbocycles. The second-order valence-electron chi connectivity index (χ2n) is 11.0. The molecule has 3 N–H and O–H groups in total. The normalized spacial score (nSPS) is 17.4. The van der Waals surface area contributed by atoms with E-state index in [0.717, 1.165) is 66.9 Å². The van der Waals surface area contributed by atoms with Crippen LogP contribution in [0.4, 0.5) is 18.9 Å². The highest BCUT2D eigenvalue weighted by Crippen LogP contribution is 2.39. The molecule has 9 nitrogen and oxygen atoms in total. The van der Waals surface area contributed by atoms with Crippen molar-refractivity contribution < 1.29 is 36.6 Å². The van der Waals surface area contributed by atoms with Gasteiger partial charge in [0.25, 0.3) is 10.0 Å². The molecule has 43 heavy (non-hydrogen) atoms. The zero-order valence-electron chi connectivity index (χ0n) is 23.2. The summed E-state index contributed by atoms with van der Waals surface area (Å²) in [5.74, 6) is -2.35. The topological polar surface area (TPSA) is 127 Å². The number of nitrogens with one attached hydrogen (secondary N) is 1. The number of benzene rings is 1. The quantitative estimate of drug-likeness (QED) is 0.214. The number of carboxylic acid groups (broad SMARTS) is 1. The van der Waals surface area contributed by atoms with Crippen LogP contribution in [0.1, 0.15) is 37.5 Å². The van der Waals surface area contributed by atoms with Gasteiger partial charge in [0.1, 0.15) is 9.22 Å². The molecule has 6 rings (SSSR count). The highest BCUT2D eigenvalue weighted by atomic mass is 32.2. The Hall–Kier alpha value is -2.98. The van der Waals surface area contributed by atoms with Crippen LogP contribution in [0.3, 0.4) is 0 Å². The minimum absolute atomic E-state index is 0.371. The number of likely N-dealkylation sites (tertiary alicyclic amines) is 1. The first-order valence-corrected chi connectivity index (χ1v) is 16.7. The number of fused-ring (bicyclic) bond motifs is 1. The molecule has 1 saturated carbocycles. The van der Waals surface area contributed by atoms with Crippen LogP contribution in [0.25, 0.3) is 21.6 Å². The van der Waals surface area contributed by atoms with Gasteiger partial charge in [-0.25, -0.2) is 18.2 Å². The predicted molar refractivity (Wildman–Crippen MR) is 160 cm³/mol. The Morgan fingerprint density at radius 1 is 1.21 bits per heavy atom. The number of anilines is 1. The number of piperidine rings is 1. The number of thiazole rings is 1.